The van der Waals surface area contributed by atoms with Gasteiger partial charge in [0.15, 0.2) is 0 Å². The molecule has 2 aromatic rings. The Morgan fingerprint density at radius 3 is 2.66 bits per heavy atom. The van der Waals surface area contributed by atoms with Crippen LogP contribution in [0, 0.1) is 6.92 Å². The van der Waals surface area contributed by atoms with E-state index in [1.54, 1.807) is 23.3 Å². The number of thiophene rings is 1. The zero-order valence-corrected chi connectivity index (χ0v) is 17.8. The van der Waals surface area contributed by atoms with Gasteiger partial charge >= 0.3 is 6.03 Å². The van der Waals surface area contributed by atoms with Crippen molar-refractivity contribution in [1.82, 2.24) is 15.1 Å². The average molecular weight is 417 g/mol. The molecule has 1 aliphatic rings. The molecule has 0 atom stereocenters. The van der Waals surface area contributed by atoms with E-state index >= 15 is 0 Å². The summed E-state index contributed by atoms with van der Waals surface area (Å²) in [5.41, 5.74) is 3.14. The predicted octanol–water partition coefficient (Wildman–Crippen LogP) is 2.64. The molecule has 2 heterocycles. The van der Waals surface area contributed by atoms with Gasteiger partial charge in [-0.05, 0) is 41.6 Å². The predicted molar refractivity (Wildman–Crippen MR) is 116 cm³/mol. The minimum Gasteiger partial charge on any atom is -0.383 e. The summed E-state index contributed by atoms with van der Waals surface area (Å²) in [5.74, 6) is -0.0133. The number of hydrogen-bond acceptors (Lipinski definition) is 5. The Labute approximate surface area is 175 Å². The number of amides is 3. The van der Waals surface area contributed by atoms with Crippen LogP contribution in [0.25, 0.3) is 10.4 Å². The summed E-state index contributed by atoms with van der Waals surface area (Å²) in [6.45, 7) is 6.02. The highest BCUT2D eigenvalue weighted by Crippen LogP contribution is 2.30. The topological polar surface area (TPSA) is 73.9 Å². The van der Waals surface area contributed by atoms with E-state index in [0.29, 0.717) is 45.9 Å². The normalized spacial score (nSPS) is 14.6. The summed E-state index contributed by atoms with van der Waals surface area (Å²) in [5, 5.41) is 7.90. The van der Waals surface area contributed by atoms with E-state index in [-0.39, 0.29) is 11.9 Å². The van der Waals surface area contributed by atoms with Crippen LogP contribution in [0.3, 0.4) is 0 Å². The molecule has 0 saturated carbocycles. The van der Waals surface area contributed by atoms with Crippen molar-refractivity contribution in [3.63, 3.8) is 0 Å². The van der Waals surface area contributed by atoms with Crippen molar-refractivity contribution in [2.45, 2.75) is 6.92 Å². The third kappa shape index (κ3) is 6.03. The molecule has 7 nitrogen and oxygen atoms in total. The molecule has 8 heteroatoms. The van der Waals surface area contributed by atoms with Gasteiger partial charge in [-0.1, -0.05) is 12.1 Å². The summed E-state index contributed by atoms with van der Waals surface area (Å²) in [4.78, 5) is 29.6. The highest BCUT2D eigenvalue weighted by atomic mass is 32.1. The summed E-state index contributed by atoms with van der Waals surface area (Å²) >= 11 is 1.70. The van der Waals surface area contributed by atoms with Crippen LogP contribution in [0.4, 0.5) is 10.5 Å². The fourth-order valence-corrected chi connectivity index (χ4v) is 4.20. The molecule has 29 heavy (non-hydrogen) atoms. The number of methoxy groups -OCH3 is 1. The molecule has 0 unspecified atom stereocenters. The van der Waals surface area contributed by atoms with Gasteiger partial charge in [0.2, 0.25) is 5.91 Å². The van der Waals surface area contributed by atoms with Crippen LogP contribution in [0.2, 0.25) is 0 Å². The third-order valence-electron chi connectivity index (χ3n) is 4.89. The first kappa shape index (κ1) is 21.3. The van der Waals surface area contributed by atoms with Crippen LogP contribution in [-0.4, -0.2) is 74.7 Å². The number of urea groups is 1. The van der Waals surface area contributed by atoms with Gasteiger partial charge in [0.05, 0.1) is 13.2 Å². The van der Waals surface area contributed by atoms with Crippen LogP contribution in [0.1, 0.15) is 5.56 Å². The Balaban J connectivity index is 1.48. The fourth-order valence-electron chi connectivity index (χ4n) is 3.27. The molecule has 1 aromatic carbocycles. The number of ether oxygens (including phenoxy) is 1. The maximum Gasteiger partial charge on any atom is 0.321 e. The first-order valence-electron chi connectivity index (χ1n) is 9.75. The quantitative estimate of drug-likeness (QED) is 0.681. The van der Waals surface area contributed by atoms with Crippen molar-refractivity contribution in [3.05, 3.63) is 41.3 Å². The minimum atomic E-state index is -0.103. The maximum absolute atomic E-state index is 12.6. The van der Waals surface area contributed by atoms with E-state index < -0.39 is 0 Å². The van der Waals surface area contributed by atoms with Crippen molar-refractivity contribution < 1.29 is 14.3 Å². The molecular weight excluding hydrogens is 388 g/mol. The number of nitrogens with one attached hydrogen (secondary N) is 2. The lowest BCUT2D eigenvalue weighted by Gasteiger charge is -2.34. The summed E-state index contributed by atoms with van der Waals surface area (Å²) in [7, 11) is 1.61. The lowest BCUT2D eigenvalue weighted by Crippen LogP contribution is -2.52. The molecule has 3 rings (SSSR count). The van der Waals surface area contributed by atoms with Crippen LogP contribution < -0.4 is 10.6 Å². The number of piperazine rings is 1. The van der Waals surface area contributed by atoms with Gasteiger partial charge < -0.3 is 20.3 Å². The lowest BCUT2D eigenvalue weighted by molar-refractivity contribution is -0.122. The fraction of sp³-hybridized carbons (Fsp3) is 0.429. The summed E-state index contributed by atoms with van der Waals surface area (Å²) in [6, 6.07) is 9.94. The second kappa shape index (κ2) is 10.4. The van der Waals surface area contributed by atoms with Gasteiger partial charge in [-0.25, -0.2) is 4.79 Å². The summed E-state index contributed by atoms with van der Waals surface area (Å²) in [6.07, 6.45) is 0. The second-order valence-corrected chi connectivity index (χ2v) is 7.97. The first-order chi connectivity index (χ1) is 14.1. The number of rotatable bonds is 7. The zero-order chi connectivity index (χ0) is 20.6. The monoisotopic (exact) mass is 416 g/mol. The number of nitrogens with zero attached hydrogens (tertiary/aromatic N) is 2. The number of anilines is 1. The molecule has 0 aliphatic carbocycles. The molecule has 1 fully saturated rings. The van der Waals surface area contributed by atoms with Gasteiger partial charge in [0.1, 0.15) is 0 Å². The Morgan fingerprint density at radius 2 is 1.97 bits per heavy atom. The van der Waals surface area contributed by atoms with Gasteiger partial charge in [0.25, 0.3) is 0 Å². The number of hydrogen-bond donors (Lipinski definition) is 2. The second-order valence-electron chi connectivity index (χ2n) is 7.05. The van der Waals surface area contributed by atoms with E-state index in [0.717, 1.165) is 11.3 Å². The van der Waals surface area contributed by atoms with E-state index in [1.165, 1.54) is 10.4 Å². The Bertz CT molecular complexity index is 831. The van der Waals surface area contributed by atoms with Crippen molar-refractivity contribution in [2.75, 3.05) is 58.3 Å². The molecule has 1 aliphatic heterocycles. The van der Waals surface area contributed by atoms with Crippen molar-refractivity contribution in [2.24, 2.45) is 0 Å². The third-order valence-corrected chi connectivity index (χ3v) is 5.96. The number of carbonyl (C=O) groups excluding carboxylic acids is 2. The number of carbonyl (C=O) groups is 2. The molecule has 2 N–H and O–H groups in total. The average Bonchev–Trinajstić information content (AvgIpc) is 3.15. The SMILES string of the molecule is COCCNC(=O)CN1CCN(C(=O)Nc2cccc(-c3sccc3C)c2)CC1. The van der Waals surface area contributed by atoms with E-state index in [9.17, 15) is 9.59 Å². The first-order valence-corrected chi connectivity index (χ1v) is 10.6. The molecule has 0 bridgehead atoms. The minimum absolute atomic E-state index is 0.0133. The highest BCUT2D eigenvalue weighted by Gasteiger charge is 2.22. The molecule has 1 aromatic heterocycles. The zero-order valence-electron chi connectivity index (χ0n) is 16.9. The van der Waals surface area contributed by atoms with Crippen molar-refractivity contribution in [3.8, 4) is 10.4 Å². The van der Waals surface area contributed by atoms with Gasteiger partial charge in [-0.2, -0.15) is 0 Å². The van der Waals surface area contributed by atoms with Crippen LogP contribution in [0.15, 0.2) is 35.7 Å². The van der Waals surface area contributed by atoms with E-state index in [1.807, 2.05) is 18.2 Å². The molecule has 156 valence electrons. The molecular formula is C21H28N4O3S. The highest BCUT2D eigenvalue weighted by molar-refractivity contribution is 7.13. The standard InChI is InChI=1S/C21H28N4O3S/c1-16-6-13-29-20(16)17-4-3-5-18(14-17)23-21(27)25-10-8-24(9-11-25)15-19(26)22-7-12-28-2/h3-6,13-14H,7-12,15H2,1-2H3,(H,22,26)(H,23,27). The Hall–Kier alpha value is -2.42. The Kier molecular flexibility index (Phi) is 7.62. The van der Waals surface area contributed by atoms with E-state index in [4.69, 9.17) is 4.74 Å². The van der Waals surface area contributed by atoms with Crippen molar-refractivity contribution in [1.29, 1.82) is 0 Å². The molecule has 0 spiro atoms. The number of aryl methyl sites for hydroxylation is 1. The molecule has 1 saturated heterocycles. The number of benzene rings is 1. The maximum atomic E-state index is 12.6. The van der Waals surface area contributed by atoms with Gasteiger partial charge in [-0.15, -0.1) is 11.3 Å². The largest absolute Gasteiger partial charge is 0.383 e. The van der Waals surface area contributed by atoms with Crippen LogP contribution in [0.5, 0.6) is 0 Å². The van der Waals surface area contributed by atoms with Gasteiger partial charge in [0, 0.05) is 50.4 Å². The van der Waals surface area contributed by atoms with Crippen LogP contribution >= 0.6 is 11.3 Å². The lowest BCUT2D eigenvalue weighted by atomic mass is 10.1. The summed E-state index contributed by atoms with van der Waals surface area (Å²) < 4.78 is 4.93. The molecule has 3 amide bonds. The van der Waals surface area contributed by atoms with Gasteiger partial charge in [-0.3, -0.25) is 9.69 Å². The molecule has 0 radical (unpaired) electrons. The van der Waals surface area contributed by atoms with Crippen LogP contribution in [-0.2, 0) is 9.53 Å². The smallest absolute Gasteiger partial charge is 0.321 e. The van der Waals surface area contributed by atoms with E-state index in [2.05, 4.69) is 40.0 Å². The Morgan fingerprint density at radius 1 is 1.17 bits per heavy atom. The van der Waals surface area contributed by atoms with Crippen molar-refractivity contribution >= 4 is 29.0 Å².